The molecule has 0 fully saturated rings. The number of carbonyl (C=O) groups is 1. The maximum atomic E-state index is 11.9. The van der Waals surface area contributed by atoms with Crippen molar-refractivity contribution in [3.63, 3.8) is 0 Å². The van der Waals surface area contributed by atoms with Crippen LogP contribution in [0.5, 0.6) is 0 Å². The van der Waals surface area contributed by atoms with Crippen LogP contribution in [0.2, 0.25) is 0 Å². The van der Waals surface area contributed by atoms with Crippen LogP contribution in [0.15, 0.2) is 24.3 Å². The lowest BCUT2D eigenvalue weighted by Crippen LogP contribution is -2.38. The molecule has 15 heavy (non-hydrogen) atoms. The first-order chi connectivity index (χ1) is 7.00. The molecule has 0 unspecified atom stereocenters. The molecule has 2 heteroatoms. The first-order valence-electron chi connectivity index (χ1n) is 5.37. The van der Waals surface area contributed by atoms with Crippen molar-refractivity contribution in [2.45, 2.75) is 39.8 Å². The van der Waals surface area contributed by atoms with Gasteiger partial charge in [0.2, 0.25) is 0 Å². The first-order valence-corrected chi connectivity index (χ1v) is 5.37. The summed E-state index contributed by atoms with van der Waals surface area (Å²) in [5.74, 6) is 0.156. The molecule has 0 saturated carbocycles. The monoisotopic (exact) mass is 205 g/mol. The molecule has 1 N–H and O–H groups in total. The lowest BCUT2D eigenvalue weighted by Gasteiger charge is -2.15. The van der Waals surface area contributed by atoms with E-state index in [1.54, 1.807) is 0 Å². The molecule has 0 aromatic heterocycles. The number of nitrogens with one attached hydrogen (secondary N) is 1. The van der Waals surface area contributed by atoms with Gasteiger partial charge in [-0.2, -0.15) is 0 Å². The van der Waals surface area contributed by atoms with Gasteiger partial charge in [0.15, 0.2) is 5.78 Å². The van der Waals surface area contributed by atoms with Crippen molar-refractivity contribution < 1.29 is 4.79 Å². The average molecular weight is 205 g/mol. The van der Waals surface area contributed by atoms with E-state index in [9.17, 15) is 4.79 Å². The van der Waals surface area contributed by atoms with E-state index in [-0.39, 0.29) is 11.8 Å². The van der Waals surface area contributed by atoms with Crippen LogP contribution in [-0.4, -0.2) is 17.9 Å². The van der Waals surface area contributed by atoms with Crippen LogP contribution in [-0.2, 0) is 0 Å². The second kappa shape index (κ2) is 5.08. The predicted molar refractivity (Wildman–Crippen MR) is 63.2 cm³/mol. The summed E-state index contributed by atoms with van der Waals surface area (Å²) in [6.45, 7) is 8.00. The highest BCUT2D eigenvalue weighted by atomic mass is 16.1. The molecule has 0 aliphatic heterocycles. The Morgan fingerprint density at radius 2 is 1.67 bits per heavy atom. The molecule has 0 heterocycles. The Bertz CT molecular complexity index is 327. The topological polar surface area (TPSA) is 29.1 Å². The third-order valence-electron chi connectivity index (χ3n) is 2.31. The fraction of sp³-hybridized carbons (Fsp3) is 0.462. The average Bonchev–Trinajstić information content (AvgIpc) is 2.17. The van der Waals surface area contributed by atoms with E-state index in [1.165, 1.54) is 5.56 Å². The molecule has 0 bridgehead atoms. The number of hydrogen-bond acceptors (Lipinski definition) is 2. The molecule has 82 valence electrons. The number of aryl methyl sites for hydroxylation is 1. The van der Waals surface area contributed by atoms with Crippen molar-refractivity contribution in [2.24, 2.45) is 0 Å². The summed E-state index contributed by atoms with van der Waals surface area (Å²) in [5.41, 5.74) is 1.96. The van der Waals surface area contributed by atoms with Gasteiger partial charge in [0.1, 0.15) is 0 Å². The van der Waals surface area contributed by atoms with Gasteiger partial charge in [-0.3, -0.25) is 4.79 Å². The zero-order chi connectivity index (χ0) is 11.4. The Balaban J connectivity index is 2.72. The highest BCUT2D eigenvalue weighted by Crippen LogP contribution is 2.06. The Morgan fingerprint density at radius 3 is 2.13 bits per heavy atom. The van der Waals surface area contributed by atoms with Crippen molar-refractivity contribution in [3.8, 4) is 0 Å². The number of Topliss-reactive ketones (excluding diaryl/α,β-unsaturated/α-hetero) is 1. The fourth-order valence-corrected chi connectivity index (χ4v) is 1.54. The normalized spacial score (nSPS) is 12.9. The van der Waals surface area contributed by atoms with Crippen LogP contribution in [0.25, 0.3) is 0 Å². The van der Waals surface area contributed by atoms with E-state index < -0.39 is 0 Å². The molecule has 1 rings (SSSR count). The second-order valence-corrected chi connectivity index (χ2v) is 4.27. The third-order valence-corrected chi connectivity index (χ3v) is 2.31. The molecule has 0 saturated heterocycles. The fourth-order valence-electron chi connectivity index (χ4n) is 1.54. The lowest BCUT2D eigenvalue weighted by molar-refractivity contribution is 0.0946. The van der Waals surface area contributed by atoms with Crippen LogP contribution >= 0.6 is 0 Å². The molecule has 1 atom stereocenters. The third kappa shape index (κ3) is 3.48. The van der Waals surface area contributed by atoms with Gasteiger partial charge in [0, 0.05) is 11.6 Å². The van der Waals surface area contributed by atoms with E-state index >= 15 is 0 Å². The van der Waals surface area contributed by atoms with Crippen molar-refractivity contribution >= 4 is 5.78 Å². The number of hydrogen-bond donors (Lipinski definition) is 1. The van der Waals surface area contributed by atoms with Crippen LogP contribution in [0, 0.1) is 6.92 Å². The highest BCUT2D eigenvalue weighted by Gasteiger charge is 2.14. The quantitative estimate of drug-likeness (QED) is 0.765. The van der Waals surface area contributed by atoms with E-state index in [1.807, 2.05) is 52.0 Å². The summed E-state index contributed by atoms with van der Waals surface area (Å²) >= 11 is 0. The van der Waals surface area contributed by atoms with Crippen LogP contribution < -0.4 is 5.32 Å². The van der Waals surface area contributed by atoms with E-state index in [0.717, 1.165) is 5.56 Å². The van der Waals surface area contributed by atoms with E-state index in [0.29, 0.717) is 6.04 Å². The lowest BCUT2D eigenvalue weighted by atomic mass is 10.0. The number of ketones is 1. The minimum Gasteiger partial charge on any atom is -0.305 e. The predicted octanol–water partition coefficient (Wildman–Crippen LogP) is 2.56. The Labute approximate surface area is 91.7 Å². The van der Waals surface area contributed by atoms with E-state index in [2.05, 4.69) is 5.32 Å². The zero-order valence-electron chi connectivity index (χ0n) is 9.87. The van der Waals surface area contributed by atoms with E-state index in [4.69, 9.17) is 0 Å². The second-order valence-electron chi connectivity index (χ2n) is 4.27. The number of rotatable bonds is 4. The SMILES string of the molecule is Cc1ccc(C(=O)[C@H](C)NC(C)C)cc1. The van der Waals surface area contributed by atoms with Crippen LogP contribution in [0.4, 0.5) is 0 Å². The maximum Gasteiger partial charge on any atom is 0.179 e. The van der Waals surface area contributed by atoms with Crippen molar-refractivity contribution in [1.29, 1.82) is 0 Å². The summed E-state index contributed by atoms with van der Waals surface area (Å²) in [6, 6.07) is 7.92. The minimum atomic E-state index is -0.118. The minimum absolute atomic E-state index is 0.118. The molecule has 0 radical (unpaired) electrons. The van der Waals surface area contributed by atoms with Crippen LogP contribution in [0.1, 0.15) is 36.7 Å². The van der Waals surface area contributed by atoms with Crippen LogP contribution in [0.3, 0.4) is 0 Å². The highest BCUT2D eigenvalue weighted by molar-refractivity contribution is 5.99. The zero-order valence-corrected chi connectivity index (χ0v) is 9.87. The largest absolute Gasteiger partial charge is 0.305 e. The van der Waals surface area contributed by atoms with Gasteiger partial charge in [0.05, 0.1) is 6.04 Å². The number of benzene rings is 1. The van der Waals surface area contributed by atoms with Gasteiger partial charge >= 0.3 is 0 Å². The van der Waals surface area contributed by atoms with Gasteiger partial charge in [-0.25, -0.2) is 0 Å². The molecule has 0 spiro atoms. The van der Waals surface area contributed by atoms with Gasteiger partial charge in [0.25, 0.3) is 0 Å². The van der Waals surface area contributed by atoms with Gasteiger partial charge in [-0.1, -0.05) is 43.7 Å². The molecular formula is C13H19NO. The Kier molecular flexibility index (Phi) is 4.04. The Morgan fingerprint density at radius 1 is 1.13 bits per heavy atom. The molecule has 1 aromatic carbocycles. The summed E-state index contributed by atoms with van der Waals surface area (Å²) in [6.07, 6.45) is 0. The Hall–Kier alpha value is -1.15. The number of carbonyl (C=O) groups excluding carboxylic acids is 1. The van der Waals surface area contributed by atoms with Gasteiger partial charge in [-0.05, 0) is 13.8 Å². The molecule has 0 amide bonds. The van der Waals surface area contributed by atoms with Crippen molar-refractivity contribution in [1.82, 2.24) is 5.32 Å². The molecular weight excluding hydrogens is 186 g/mol. The summed E-state index contributed by atoms with van der Waals surface area (Å²) in [4.78, 5) is 11.9. The summed E-state index contributed by atoms with van der Waals surface area (Å²) in [5, 5.41) is 3.21. The van der Waals surface area contributed by atoms with Crippen molar-refractivity contribution in [3.05, 3.63) is 35.4 Å². The van der Waals surface area contributed by atoms with Crippen molar-refractivity contribution in [2.75, 3.05) is 0 Å². The summed E-state index contributed by atoms with van der Waals surface area (Å²) in [7, 11) is 0. The molecule has 1 aromatic rings. The molecule has 0 aliphatic carbocycles. The standard InChI is InChI=1S/C13H19NO/c1-9(2)14-11(4)13(15)12-7-5-10(3)6-8-12/h5-9,11,14H,1-4H3/t11-/m0/s1. The molecule has 0 aliphatic rings. The first kappa shape index (κ1) is 11.9. The van der Waals surface area contributed by atoms with Gasteiger partial charge < -0.3 is 5.32 Å². The maximum absolute atomic E-state index is 11.9. The summed E-state index contributed by atoms with van der Waals surface area (Å²) < 4.78 is 0. The smallest absolute Gasteiger partial charge is 0.179 e. The van der Waals surface area contributed by atoms with Gasteiger partial charge in [-0.15, -0.1) is 0 Å². The molecule has 2 nitrogen and oxygen atoms in total.